The molecule has 0 N–H and O–H groups in total. The summed E-state index contributed by atoms with van der Waals surface area (Å²) >= 11 is 0. The van der Waals surface area contributed by atoms with Crippen molar-refractivity contribution in [3.63, 3.8) is 0 Å². The number of carbonyl (C=O) groups excluding carboxylic acids is 1. The summed E-state index contributed by atoms with van der Waals surface area (Å²) in [6, 6.07) is 2.62. The van der Waals surface area contributed by atoms with Gasteiger partial charge in [-0.05, 0) is 6.04 Å². The molecule has 0 aliphatic carbocycles. The minimum absolute atomic E-state index is 0.141. The number of rotatable bonds is 7. The maximum atomic E-state index is 11.4. The molecule has 0 aliphatic heterocycles. The average Bonchev–Trinajstić information content (AvgIpc) is 2.67. The predicted molar refractivity (Wildman–Crippen MR) is 74.1 cm³/mol. The van der Waals surface area contributed by atoms with Crippen molar-refractivity contribution in [1.29, 1.82) is 0 Å². The highest BCUT2D eigenvalue weighted by atomic mass is 28.3. The van der Waals surface area contributed by atoms with Crippen LogP contribution in [0.4, 0.5) is 0 Å². The van der Waals surface area contributed by atoms with Crippen LogP contribution in [0.2, 0.25) is 25.7 Å². The average molecular weight is 286 g/mol. The van der Waals surface area contributed by atoms with Crippen molar-refractivity contribution < 1.29 is 19.0 Å². The van der Waals surface area contributed by atoms with Gasteiger partial charge in [0.2, 0.25) is 5.88 Å². The lowest BCUT2D eigenvalue weighted by atomic mass is 10.4. The molecule has 1 rings (SSSR count). The number of aryl methyl sites for hydroxylation is 1. The van der Waals surface area contributed by atoms with Gasteiger partial charge in [-0.3, -0.25) is 4.68 Å². The van der Waals surface area contributed by atoms with E-state index in [1.807, 2.05) is 0 Å². The Morgan fingerprint density at radius 1 is 1.42 bits per heavy atom. The van der Waals surface area contributed by atoms with Crippen molar-refractivity contribution in [1.82, 2.24) is 9.78 Å². The fraction of sp³-hybridized carbons (Fsp3) is 0.667. The fourth-order valence-corrected chi connectivity index (χ4v) is 2.10. The first kappa shape index (κ1) is 15.7. The van der Waals surface area contributed by atoms with Gasteiger partial charge < -0.3 is 14.2 Å². The second-order valence-electron chi connectivity index (χ2n) is 5.46. The van der Waals surface area contributed by atoms with Gasteiger partial charge >= 0.3 is 5.97 Å². The molecule has 0 bridgehead atoms. The Morgan fingerprint density at radius 2 is 2.11 bits per heavy atom. The zero-order valence-electron chi connectivity index (χ0n) is 12.2. The van der Waals surface area contributed by atoms with Crippen LogP contribution in [0, 0.1) is 0 Å². The number of nitrogens with zero attached hydrogens (tertiary/aromatic N) is 2. The summed E-state index contributed by atoms with van der Waals surface area (Å²) in [6.45, 7) is 7.70. The minimum Gasteiger partial charge on any atom is -0.464 e. The SMILES string of the molecule is COC(=O)c1cc(OCOCC[Si](C)(C)C)nn1C. The fourth-order valence-electron chi connectivity index (χ4n) is 1.35. The molecule has 0 amide bonds. The Hall–Kier alpha value is -1.34. The van der Waals surface area contributed by atoms with Gasteiger partial charge in [-0.25, -0.2) is 4.79 Å². The number of aromatic nitrogens is 2. The summed E-state index contributed by atoms with van der Waals surface area (Å²) in [4.78, 5) is 11.4. The van der Waals surface area contributed by atoms with Crippen molar-refractivity contribution in [2.45, 2.75) is 25.7 Å². The van der Waals surface area contributed by atoms with Crippen LogP contribution in [0.25, 0.3) is 0 Å². The first-order valence-corrected chi connectivity index (χ1v) is 9.87. The van der Waals surface area contributed by atoms with Crippen LogP contribution in [0.15, 0.2) is 6.07 Å². The van der Waals surface area contributed by atoms with E-state index in [1.165, 1.54) is 17.9 Å². The van der Waals surface area contributed by atoms with E-state index in [-0.39, 0.29) is 6.79 Å². The second-order valence-corrected chi connectivity index (χ2v) is 11.1. The lowest BCUT2D eigenvalue weighted by molar-refractivity contribution is 0.0190. The first-order valence-electron chi connectivity index (χ1n) is 6.16. The largest absolute Gasteiger partial charge is 0.464 e. The highest BCUT2D eigenvalue weighted by Crippen LogP contribution is 2.12. The van der Waals surface area contributed by atoms with E-state index >= 15 is 0 Å². The van der Waals surface area contributed by atoms with E-state index in [9.17, 15) is 4.79 Å². The highest BCUT2D eigenvalue weighted by molar-refractivity contribution is 6.76. The molecule has 0 atom stereocenters. The third kappa shape index (κ3) is 5.44. The van der Waals surface area contributed by atoms with Crippen molar-refractivity contribution >= 4 is 14.0 Å². The quantitative estimate of drug-likeness (QED) is 0.331. The van der Waals surface area contributed by atoms with E-state index in [1.54, 1.807) is 7.05 Å². The van der Waals surface area contributed by atoms with Crippen molar-refractivity contribution in [3.8, 4) is 5.88 Å². The Balaban J connectivity index is 2.36. The molecule has 1 aromatic rings. The summed E-state index contributed by atoms with van der Waals surface area (Å²) in [7, 11) is 1.91. The molecule has 0 radical (unpaired) electrons. The number of ether oxygens (including phenoxy) is 3. The maximum Gasteiger partial charge on any atom is 0.356 e. The normalized spacial score (nSPS) is 11.4. The summed E-state index contributed by atoms with van der Waals surface area (Å²) in [5, 5.41) is 4.05. The van der Waals surface area contributed by atoms with Gasteiger partial charge in [0.25, 0.3) is 0 Å². The van der Waals surface area contributed by atoms with E-state index in [0.29, 0.717) is 18.2 Å². The Morgan fingerprint density at radius 3 is 2.68 bits per heavy atom. The second kappa shape index (κ2) is 6.72. The van der Waals surface area contributed by atoms with Crippen LogP contribution in [0.3, 0.4) is 0 Å². The molecule has 0 aromatic carbocycles. The molecule has 6 nitrogen and oxygen atoms in total. The molecule has 19 heavy (non-hydrogen) atoms. The molecule has 0 aliphatic rings. The van der Waals surface area contributed by atoms with Crippen LogP contribution in [0.1, 0.15) is 10.5 Å². The molecular formula is C12H22N2O4Si. The molecule has 108 valence electrons. The number of carbonyl (C=O) groups is 1. The molecule has 1 aromatic heterocycles. The summed E-state index contributed by atoms with van der Waals surface area (Å²) in [5.74, 6) is -0.0830. The first-order chi connectivity index (χ1) is 8.83. The van der Waals surface area contributed by atoms with Gasteiger partial charge in [0.05, 0.1) is 7.11 Å². The van der Waals surface area contributed by atoms with Gasteiger partial charge in [0.1, 0.15) is 5.69 Å². The van der Waals surface area contributed by atoms with Crippen LogP contribution in [-0.2, 0) is 16.5 Å². The summed E-state index contributed by atoms with van der Waals surface area (Å²) < 4.78 is 16.8. The number of hydrogen-bond donors (Lipinski definition) is 0. The Bertz CT molecular complexity index is 426. The van der Waals surface area contributed by atoms with Crippen molar-refractivity contribution in [2.75, 3.05) is 20.5 Å². The zero-order chi connectivity index (χ0) is 14.5. The van der Waals surface area contributed by atoms with Gasteiger partial charge in [0.15, 0.2) is 6.79 Å². The molecule has 0 spiro atoms. The van der Waals surface area contributed by atoms with Gasteiger partial charge in [-0.2, -0.15) is 0 Å². The standard InChI is InChI=1S/C12H22N2O4Si/c1-14-10(12(15)16-2)8-11(13-14)18-9-17-6-7-19(3,4)5/h8H,6-7,9H2,1-5H3. The van der Waals surface area contributed by atoms with Crippen LogP contribution in [0.5, 0.6) is 5.88 Å². The monoisotopic (exact) mass is 286 g/mol. The molecule has 0 unspecified atom stereocenters. The Labute approximate surface area is 114 Å². The molecule has 7 heteroatoms. The van der Waals surface area contributed by atoms with Crippen molar-refractivity contribution in [3.05, 3.63) is 11.8 Å². The number of methoxy groups -OCH3 is 1. The highest BCUT2D eigenvalue weighted by Gasteiger charge is 2.15. The molecule has 0 saturated heterocycles. The summed E-state index contributed by atoms with van der Waals surface area (Å²) in [5.41, 5.74) is 0.347. The van der Waals surface area contributed by atoms with Crippen LogP contribution < -0.4 is 4.74 Å². The van der Waals surface area contributed by atoms with Crippen LogP contribution in [-0.4, -0.2) is 44.3 Å². The van der Waals surface area contributed by atoms with E-state index in [2.05, 4.69) is 29.5 Å². The molecular weight excluding hydrogens is 264 g/mol. The number of hydrogen-bond acceptors (Lipinski definition) is 5. The van der Waals surface area contributed by atoms with E-state index in [4.69, 9.17) is 9.47 Å². The van der Waals surface area contributed by atoms with Crippen molar-refractivity contribution in [2.24, 2.45) is 7.05 Å². The third-order valence-corrected chi connectivity index (χ3v) is 4.24. The molecule has 0 fully saturated rings. The smallest absolute Gasteiger partial charge is 0.356 e. The van der Waals surface area contributed by atoms with E-state index < -0.39 is 14.0 Å². The Kier molecular flexibility index (Phi) is 5.55. The third-order valence-electron chi connectivity index (χ3n) is 2.54. The van der Waals surface area contributed by atoms with Gasteiger partial charge in [-0.15, -0.1) is 5.10 Å². The van der Waals surface area contributed by atoms with E-state index in [0.717, 1.165) is 6.04 Å². The topological polar surface area (TPSA) is 62.6 Å². The predicted octanol–water partition coefficient (Wildman–Crippen LogP) is 1.90. The minimum atomic E-state index is -1.07. The summed E-state index contributed by atoms with van der Waals surface area (Å²) in [6.07, 6.45) is 0. The zero-order valence-corrected chi connectivity index (χ0v) is 13.2. The number of esters is 1. The maximum absolute atomic E-state index is 11.4. The van der Waals surface area contributed by atoms with Gasteiger partial charge in [0, 0.05) is 27.8 Å². The lowest BCUT2D eigenvalue weighted by Crippen LogP contribution is -2.22. The molecule has 0 saturated carbocycles. The van der Waals surface area contributed by atoms with Gasteiger partial charge in [-0.1, -0.05) is 19.6 Å². The lowest BCUT2D eigenvalue weighted by Gasteiger charge is -2.15. The molecule has 1 heterocycles. The van der Waals surface area contributed by atoms with Crippen LogP contribution >= 0.6 is 0 Å².